The van der Waals surface area contributed by atoms with E-state index in [1.807, 2.05) is 42.5 Å². The Bertz CT molecular complexity index is 1440. The van der Waals surface area contributed by atoms with Gasteiger partial charge < -0.3 is 4.42 Å². The molecule has 10 heteroatoms. The van der Waals surface area contributed by atoms with Crippen LogP contribution >= 0.6 is 11.8 Å². The van der Waals surface area contributed by atoms with E-state index >= 15 is 0 Å². The Morgan fingerprint density at radius 1 is 0.946 bits per heavy atom. The number of anilines is 1. The molecule has 0 unspecified atom stereocenters. The minimum absolute atomic E-state index is 0.0220. The summed E-state index contributed by atoms with van der Waals surface area (Å²) >= 11 is 1.79. The van der Waals surface area contributed by atoms with Crippen LogP contribution < -0.4 is 5.32 Å². The summed E-state index contributed by atoms with van der Waals surface area (Å²) in [6, 6.07) is 23.2. The van der Waals surface area contributed by atoms with Crippen molar-refractivity contribution >= 4 is 33.7 Å². The maximum atomic E-state index is 12.9. The van der Waals surface area contributed by atoms with Crippen molar-refractivity contribution in [2.75, 3.05) is 12.4 Å². The number of hydrogen-bond acceptors (Lipinski definition) is 7. The molecule has 37 heavy (non-hydrogen) atoms. The molecule has 4 aromatic rings. The van der Waals surface area contributed by atoms with Crippen LogP contribution in [0.25, 0.3) is 0 Å². The smallest absolute Gasteiger partial charge is 0.322 e. The zero-order valence-corrected chi connectivity index (χ0v) is 22.4. The summed E-state index contributed by atoms with van der Waals surface area (Å²) in [4.78, 5) is 13.9. The molecule has 3 aromatic carbocycles. The number of rotatable bonds is 10. The molecule has 1 N–H and O–H groups in total. The van der Waals surface area contributed by atoms with Crippen LogP contribution in [0.5, 0.6) is 0 Å². The molecule has 1 amide bonds. The van der Waals surface area contributed by atoms with Crippen molar-refractivity contribution in [3.8, 4) is 0 Å². The van der Waals surface area contributed by atoms with Crippen LogP contribution in [0, 0.1) is 0 Å². The van der Waals surface area contributed by atoms with Crippen LogP contribution in [0.4, 0.5) is 6.01 Å². The molecular weight excluding hydrogens is 508 g/mol. The second kappa shape index (κ2) is 11.7. The number of sulfonamides is 1. The number of thioether (sulfide) groups is 1. The van der Waals surface area contributed by atoms with Crippen LogP contribution in [-0.2, 0) is 23.0 Å². The third kappa shape index (κ3) is 7.06. The fourth-order valence-electron chi connectivity index (χ4n) is 3.56. The Labute approximate surface area is 221 Å². The van der Waals surface area contributed by atoms with E-state index in [-0.39, 0.29) is 23.0 Å². The van der Waals surface area contributed by atoms with Crippen molar-refractivity contribution in [3.63, 3.8) is 0 Å². The molecule has 0 aliphatic rings. The lowest BCUT2D eigenvalue weighted by Crippen LogP contribution is -2.26. The molecule has 0 atom stereocenters. The van der Waals surface area contributed by atoms with Crippen LogP contribution in [0.3, 0.4) is 0 Å². The Balaban J connectivity index is 1.36. The summed E-state index contributed by atoms with van der Waals surface area (Å²) in [5, 5.41) is 11.0. The highest BCUT2D eigenvalue weighted by Crippen LogP contribution is 2.24. The second-order valence-electron chi connectivity index (χ2n) is 8.71. The summed E-state index contributed by atoms with van der Waals surface area (Å²) in [7, 11) is -2.19. The Morgan fingerprint density at radius 2 is 1.62 bits per heavy atom. The van der Waals surface area contributed by atoms with E-state index in [1.165, 1.54) is 40.5 Å². The van der Waals surface area contributed by atoms with Gasteiger partial charge in [-0.05, 0) is 47.5 Å². The number of carbonyl (C=O) groups is 1. The molecule has 0 radical (unpaired) electrons. The number of nitrogens with one attached hydrogen (secondary N) is 1. The molecule has 0 aliphatic carbocycles. The minimum Gasteiger partial charge on any atom is -0.407 e. The normalized spacial score (nSPS) is 11.7. The average Bonchev–Trinajstić information content (AvgIpc) is 3.32. The first-order valence-electron chi connectivity index (χ1n) is 11.7. The first-order chi connectivity index (χ1) is 17.7. The Morgan fingerprint density at radius 3 is 2.27 bits per heavy atom. The standard InChI is InChI=1S/C27H28N4O4S2/c1-19(2)36-23-13-9-20(10-14-23)17-25-29-30-27(35-25)28-26(32)22-11-15-24(16-12-22)37(33,34)31(3)18-21-7-5-4-6-8-21/h4-16,19H,17-18H2,1-3H3,(H,28,30,32). The van der Waals surface area contributed by atoms with Crippen molar-refractivity contribution in [3.05, 3.63) is 101 Å². The molecule has 0 bridgehead atoms. The molecule has 8 nitrogen and oxygen atoms in total. The molecule has 0 saturated carbocycles. The van der Waals surface area contributed by atoms with E-state index < -0.39 is 15.9 Å². The summed E-state index contributed by atoms with van der Waals surface area (Å²) < 4.78 is 32.7. The van der Waals surface area contributed by atoms with Crippen molar-refractivity contribution in [1.82, 2.24) is 14.5 Å². The molecule has 0 spiro atoms. The highest BCUT2D eigenvalue weighted by molar-refractivity contribution is 7.99. The van der Waals surface area contributed by atoms with E-state index in [0.29, 0.717) is 17.6 Å². The van der Waals surface area contributed by atoms with Gasteiger partial charge in [-0.25, -0.2) is 8.42 Å². The lowest BCUT2D eigenvalue weighted by atomic mass is 10.1. The predicted octanol–water partition coefficient (Wildman–Crippen LogP) is 5.23. The fourth-order valence-corrected chi connectivity index (χ4v) is 5.56. The summed E-state index contributed by atoms with van der Waals surface area (Å²) in [6.07, 6.45) is 0.443. The molecular formula is C27H28N4O4S2. The van der Waals surface area contributed by atoms with Gasteiger partial charge in [0.2, 0.25) is 15.9 Å². The Hall–Kier alpha value is -3.47. The SMILES string of the molecule is CC(C)Sc1ccc(Cc2nnc(NC(=O)c3ccc(S(=O)(=O)N(C)Cc4ccccc4)cc3)o2)cc1. The van der Waals surface area contributed by atoms with Crippen LogP contribution in [0.1, 0.15) is 41.2 Å². The van der Waals surface area contributed by atoms with Crippen molar-refractivity contribution in [1.29, 1.82) is 0 Å². The monoisotopic (exact) mass is 536 g/mol. The molecule has 192 valence electrons. The summed E-state index contributed by atoms with van der Waals surface area (Å²) in [6.45, 7) is 4.54. The third-order valence-electron chi connectivity index (χ3n) is 5.41. The second-order valence-corrected chi connectivity index (χ2v) is 12.4. The highest BCUT2D eigenvalue weighted by atomic mass is 32.2. The molecule has 0 fully saturated rings. The number of aromatic nitrogens is 2. The molecule has 1 aromatic heterocycles. The van der Waals surface area contributed by atoms with Crippen LogP contribution in [0.2, 0.25) is 0 Å². The number of nitrogens with zero attached hydrogens (tertiary/aromatic N) is 3. The first kappa shape index (κ1) is 26.6. The maximum absolute atomic E-state index is 12.9. The van der Waals surface area contributed by atoms with Gasteiger partial charge in [-0.2, -0.15) is 4.31 Å². The lowest BCUT2D eigenvalue weighted by Gasteiger charge is -2.17. The molecule has 0 aliphatic heterocycles. The number of amides is 1. The molecule has 0 saturated heterocycles. The van der Waals surface area contributed by atoms with Crippen LogP contribution in [-0.4, -0.2) is 41.1 Å². The maximum Gasteiger partial charge on any atom is 0.322 e. The lowest BCUT2D eigenvalue weighted by molar-refractivity contribution is 0.102. The fraction of sp³-hybridized carbons (Fsp3) is 0.222. The minimum atomic E-state index is -3.71. The Kier molecular flexibility index (Phi) is 8.42. The third-order valence-corrected chi connectivity index (χ3v) is 8.24. The van der Waals surface area contributed by atoms with Gasteiger partial charge in [0.05, 0.1) is 11.3 Å². The van der Waals surface area contributed by atoms with Gasteiger partial charge in [0.15, 0.2) is 0 Å². The van der Waals surface area contributed by atoms with Gasteiger partial charge in [0, 0.05) is 29.3 Å². The van der Waals surface area contributed by atoms with Gasteiger partial charge >= 0.3 is 6.01 Å². The van der Waals surface area contributed by atoms with Crippen LogP contribution in [0.15, 0.2) is 93.1 Å². The van der Waals surface area contributed by atoms with Gasteiger partial charge in [-0.1, -0.05) is 61.4 Å². The van der Waals surface area contributed by atoms with E-state index in [0.717, 1.165) is 11.1 Å². The van der Waals surface area contributed by atoms with E-state index in [1.54, 1.807) is 11.8 Å². The quantitative estimate of drug-likeness (QED) is 0.277. The topological polar surface area (TPSA) is 105 Å². The number of hydrogen-bond donors (Lipinski definition) is 1. The number of benzene rings is 3. The first-order valence-corrected chi connectivity index (χ1v) is 14.0. The average molecular weight is 537 g/mol. The zero-order valence-electron chi connectivity index (χ0n) is 20.8. The van der Waals surface area contributed by atoms with Gasteiger partial charge in [-0.3, -0.25) is 10.1 Å². The van der Waals surface area contributed by atoms with Crippen molar-refractivity contribution in [2.45, 2.75) is 41.9 Å². The van der Waals surface area contributed by atoms with Gasteiger partial charge in [-0.15, -0.1) is 16.9 Å². The van der Waals surface area contributed by atoms with Gasteiger partial charge in [0.25, 0.3) is 5.91 Å². The van der Waals surface area contributed by atoms with E-state index in [9.17, 15) is 13.2 Å². The predicted molar refractivity (Wildman–Crippen MR) is 144 cm³/mol. The molecule has 4 rings (SSSR count). The molecule has 1 heterocycles. The van der Waals surface area contributed by atoms with Gasteiger partial charge in [0.1, 0.15) is 0 Å². The van der Waals surface area contributed by atoms with E-state index in [4.69, 9.17) is 4.42 Å². The summed E-state index contributed by atoms with van der Waals surface area (Å²) in [5.41, 5.74) is 2.16. The number of carbonyl (C=O) groups excluding carboxylic acids is 1. The highest BCUT2D eigenvalue weighted by Gasteiger charge is 2.21. The van der Waals surface area contributed by atoms with Crippen molar-refractivity contribution in [2.24, 2.45) is 0 Å². The largest absolute Gasteiger partial charge is 0.407 e. The zero-order chi connectivity index (χ0) is 26.4. The van der Waals surface area contributed by atoms with Crippen molar-refractivity contribution < 1.29 is 17.6 Å². The van der Waals surface area contributed by atoms with E-state index in [2.05, 4.69) is 41.5 Å². The summed E-state index contributed by atoms with van der Waals surface area (Å²) in [5.74, 6) is -0.102.